The zero-order valence-corrected chi connectivity index (χ0v) is 24.1. The maximum atomic E-state index is 12.9. The molecule has 0 spiro atoms. The first-order chi connectivity index (χ1) is 18.5. The summed E-state index contributed by atoms with van der Waals surface area (Å²) in [6.45, 7) is 7.06. The van der Waals surface area contributed by atoms with E-state index in [1.54, 1.807) is 18.2 Å². The van der Waals surface area contributed by atoms with Crippen molar-refractivity contribution in [3.63, 3.8) is 0 Å². The molecule has 7 nitrogen and oxygen atoms in total. The van der Waals surface area contributed by atoms with Gasteiger partial charge in [-0.05, 0) is 55.8 Å². The first kappa shape index (κ1) is 28.6. The van der Waals surface area contributed by atoms with Crippen LogP contribution < -0.4 is 20.0 Å². The molecule has 0 radical (unpaired) electrons. The van der Waals surface area contributed by atoms with Gasteiger partial charge in [0.15, 0.2) is 0 Å². The molecule has 9 heteroatoms. The number of amides is 1. The van der Waals surface area contributed by atoms with Crippen molar-refractivity contribution in [3.8, 4) is 0 Å². The van der Waals surface area contributed by atoms with Crippen molar-refractivity contribution in [2.24, 2.45) is 0 Å². The third-order valence-electron chi connectivity index (χ3n) is 7.07. The number of nitrogens with one attached hydrogen (secondary N) is 1. The normalized spacial score (nSPS) is 15.5. The van der Waals surface area contributed by atoms with Crippen LogP contribution in [-0.4, -0.2) is 62.3 Å². The monoisotopic (exact) mass is 568 g/mol. The molecule has 1 heterocycles. The van der Waals surface area contributed by atoms with E-state index in [2.05, 4.69) is 53.2 Å². The van der Waals surface area contributed by atoms with Gasteiger partial charge in [0.2, 0.25) is 0 Å². The van der Waals surface area contributed by atoms with E-state index < -0.39 is 17.9 Å². The van der Waals surface area contributed by atoms with Crippen LogP contribution in [0.1, 0.15) is 29.8 Å². The summed E-state index contributed by atoms with van der Waals surface area (Å²) >= 11 is 12.3. The standard InChI is InChI=1S/C30H34Cl2N4O3/c1-30(2)19-35(15-16-36(30)21-9-6-5-7-10-21)25-14-13-20(18-26(25)34(3)4)17-24(29(38)39)33-28(37)27-22(31)11-8-12-23(27)32/h5-14,18,24H,15-17,19H2,1-4H3,(H,33,37)(H,38,39)/t24-/m0/s1. The molecule has 0 aromatic heterocycles. The van der Waals surface area contributed by atoms with Gasteiger partial charge in [0.25, 0.3) is 5.91 Å². The van der Waals surface area contributed by atoms with Gasteiger partial charge in [-0.2, -0.15) is 0 Å². The van der Waals surface area contributed by atoms with E-state index in [0.29, 0.717) is 0 Å². The van der Waals surface area contributed by atoms with E-state index in [9.17, 15) is 14.7 Å². The summed E-state index contributed by atoms with van der Waals surface area (Å²) in [6.07, 6.45) is 0.109. The van der Waals surface area contributed by atoms with Crippen LogP contribution in [0.5, 0.6) is 0 Å². The van der Waals surface area contributed by atoms with Crippen molar-refractivity contribution in [3.05, 3.63) is 87.9 Å². The van der Waals surface area contributed by atoms with Gasteiger partial charge in [-0.25, -0.2) is 4.79 Å². The fourth-order valence-corrected chi connectivity index (χ4v) is 5.72. The Morgan fingerprint density at radius 2 is 1.67 bits per heavy atom. The zero-order chi connectivity index (χ0) is 28.3. The molecule has 0 bridgehead atoms. The number of hydrogen-bond acceptors (Lipinski definition) is 5. The molecule has 3 aromatic rings. The molecule has 206 valence electrons. The van der Waals surface area contributed by atoms with Gasteiger partial charge in [0, 0.05) is 45.8 Å². The lowest BCUT2D eigenvalue weighted by atomic mass is 9.96. The average molecular weight is 570 g/mol. The fourth-order valence-electron chi connectivity index (χ4n) is 5.15. The second kappa shape index (κ2) is 11.8. The summed E-state index contributed by atoms with van der Waals surface area (Å²) < 4.78 is 0. The third kappa shape index (κ3) is 6.43. The molecule has 0 unspecified atom stereocenters. The molecule has 1 aliphatic heterocycles. The number of anilines is 3. The number of carboxylic acid groups (broad SMARTS) is 1. The lowest BCUT2D eigenvalue weighted by molar-refractivity contribution is -0.139. The van der Waals surface area contributed by atoms with Gasteiger partial charge in [-0.15, -0.1) is 0 Å². The van der Waals surface area contributed by atoms with Gasteiger partial charge in [0.05, 0.1) is 32.5 Å². The number of carbonyl (C=O) groups is 2. The Kier molecular flexibility index (Phi) is 8.62. The van der Waals surface area contributed by atoms with Gasteiger partial charge in [-0.3, -0.25) is 4.79 Å². The molecular formula is C30H34Cl2N4O3. The third-order valence-corrected chi connectivity index (χ3v) is 7.70. The second-order valence-corrected chi connectivity index (χ2v) is 11.4. The summed E-state index contributed by atoms with van der Waals surface area (Å²) in [4.78, 5) is 31.8. The number of benzene rings is 3. The molecule has 1 aliphatic rings. The summed E-state index contributed by atoms with van der Waals surface area (Å²) in [7, 11) is 3.95. The highest BCUT2D eigenvalue weighted by Crippen LogP contribution is 2.35. The number of halogens is 2. The summed E-state index contributed by atoms with van der Waals surface area (Å²) in [5.41, 5.74) is 4.05. The molecule has 1 amide bonds. The Balaban J connectivity index is 1.54. The maximum absolute atomic E-state index is 12.9. The van der Waals surface area contributed by atoms with E-state index in [-0.39, 0.29) is 27.6 Å². The number of aliphatic carboxylic acids is 1. The minimum atomic E-state index is -1.15. The predicted octanol–water partition coefficient (Wildman–Crippen LogP) is 5.59. The highest BCUT2D eigenvalue weighted by molar-refractivity contribution is 6.39. The molecule has 1 fully saturated rings. The van der Waals surface area contributed by atoms with E-state index in [0.717, 1.165) is 36.6 Å². The summed E-state index contributed by atoms with van der Waals surface area (Å²) in [6, 6.07) is 20.0. The molecule has 39 heavy (non-hydrogen) atoms. The lowest BCUT2D eigenvalue weighted by Crippen LogP contribution is -2.59. The van der Waals surface area contributed by atoms with Crippen molar-refractivity contribution in [1.29, 1.82) is 0 Å². The molecule has 4 rings (SSSR count). The van der Waals surface area contributed by atoms with Crippen molar-refractivity contribution in [2.45, 2.75) is 31.8 Å². The highest BCUT2D eigenvalue weighted by Gasteiger charge is 2.35. The summed E-state index contributed by atoms with van der Waals surface area (Å²) in [5, 5.41) is 12.8. The molecule has 3 aromatic carbocycles. The van der Waals surface area contributed by atoms with Crippen molar-refractivity contribution in [1.82, 2.24) is 5.32 Å². The van der Waals surface area contributed by atoms with Crippen LogP contribution in [0.3, 0.4) is 0 Å². The molecule has 0 saturated carbocycles. The first-order valence-electron chi connectivity index (χ1n) is 12.8. The number of carboxylic acids is 1. The lowest BCUT2D eigenvalue weighted by Gasteiger charge is -2.49. The number of rotatable bonds is 8. The van der Waals surface area contributed by atoms with Crippen LogP contribution in [0.15, 0.2) is 66.7 Å². The SMILES string of the molecule is CN(C)c1cc(C[C@H](NC(=O)c2c(Cl)cccc2Cl)C(=O)O)ccc1N1CCN(c2ccccc2)C(C)(C)C1. The molecule has 2 N–H and O–H groups in total. The molecule has 1 atom stereocenters. The van der Waals surface area contributed by atoms with Gasteiger partial charge < -0.3 is 25.1 Å². The van der Waals surface area contributed by atoms with E-state index in [1.165, 1.54) is 5.69 Å². The summed E-state index contributed by atoms with van der Waals surface area (Å²) in [5.74, 6) is -1.76. The topological polar surface area (TPSA) is 76.1 Å². The largest absolute Gasteiger partial charge is 0.480 e. The van der Waals surface area contributed by atoms with Crippen LogP contribution in [0.4, 0.5) is 17.1 Å². The van der Waals surface area contributed by atoms with Crippen LogP contribution >= 0.6 is 23.2 Å². The Labute approximate surface area is 239 Å². The smallest absolute Gasteiger partial charge is 0.326 e. The Hall–Kier alpha value is -3.42. The van der Waals surface area contributed by atoms with Crippen molar-refractivity contribution < 1.29 is 14.7 Å². The van der Waals surface area contributed by atoms with Crippen molar-refractivity contribution >= 4 is 52.1 Å². The zero-order valence-electron chi connectivity index (χ0n) is 22.6. The van der Waals surface area contributed by atoms with Gasteiger partial charge in [0.1, 0.15) is 6.04 Å². The molecule has 1 saturated heterocycles. The molecule has 0 aliphatic carbocycles. The van der Waals surface area contributed by atoms with Crippen LogP contribution in [-0.2, 0) is 11.2 Å². The minimum Gasteiger partial charge on any atom is -0.480 e. The number of para-hydroxylation sites is 1. The Morgan fingerprint density at radius 1 is 1.00 bits per heavy atom. The number of hydrogen-bond donors (Lipinski definition) is 2. The Bertz CT molecular complexity index is 1330. The maximum Gasteiger partial charge on any atom is 0.326 e. The van der Waals surface area contributed by atoms with Crippen LogP contribution in [0, 0.1) is 0 Å². The minimum absolute atomic E-state index is 0.0636. The van der Waals surface area contributed by atoms with E-state index in [1.807, 2.05) is 43.3 Å². The van der Waals surface area contributed by atoms with Gasteiger partial charge >= 0.3 is 5.97 Å². The van der Waals surface area contributed by atoms with Crippen LogP contribution in [0.2, 0.25) is 10.0 Å². The van der Waals surface area contributed by atoms with Crippen LogP contribution in [0.25, 0.3) is 0 Å². The highest BCUT2D eigenvalue weighted by atomic mass is 35.5. The van der Waals surface area contributed by atoms with E-state index in [4.69, 9.17) is 23.2 Å². The van der Waals surface area contributed by atoms with Crippen molar-refractivity contribution in [2.75, 3.05) is 48.4 Å². The predicted molar refractivity (Wildman–Crippen MR) is 160 cm³/mol. The van der Waals surface area contributed by atoms with Gasteiger partial charge in [-0.1, -0.05) is 53.5 Å². The molecular weight excluding hydrogens is 535 g/mol. The average Bonchev–Trinajstić information content (AvgIpc) is 2.88. The second-order valence-electron chi connectivity index (χ2n) is 10.6. The first-order valence-corrected chi connectivity index (χ1v) is 13.6. The number of nitrogens with zero attached hydrogens (tertiary/aromatic N) is 3. The quantitative estimate of drug-likeness (QED) is 0.369. The van der Waals surface area contributed by atoms with E-state index >= 15 is 0 Å². The fraction of sp³-hybridized carbons (Fsp3) is 0.333. The Morgan fingerprint density at radius 3 is 2.26 bits per heavy atom. The number of carbonyl (C=O) groups excluding carboxylic acids is 1. The number of piperazine rings is 1.